The zero-order chi connectivity index (χ0) is 13.2. The van der Waals surface area contributed by atoms with Crippen LogP contribution in [-0.4, -0.2) is 5.11 Å². The summed E-state index contributed by atoms with van der Waals surface area (Å²) < 4.78 is 10.5. The molecular formula is C15H10O4. The van der Waals surface area contributed by atoms with Crippen molar-refractivity contribution in [3.8, 4) is 17.2 Å². The first-order valence-electron chi connectivity index (χ1n) is 5.73. The van der Waals surface area contributed by atoms with E-state index in [1.54, 1.807) is 48.5 Å². The molecule has 0 spiro atoms. The van der Waals surface area contributed by atoms with Crippen molar-refractivity contribution in [2.45, 2.75) is 0 Å². The van der Waals surface area contributed by atoms with Gasteiger partial charge in [0.25, 0.3) is 5.75 Å². The fourth-order valence-corrected chi connectivity index (χ4v) is 1.81. The van der Waals surface area contributed by atoms with Gasteiger partial charge in [-0.05, 0) is 24.3 Å². The second-order valence-corrected chi connectivity index (χ2v) is 3.98. The quantitative estimate of drug-likeness (QED) is 0.713. The Kier molecular flexibility index (Phi) is 2.68. The summed E-state index contributed by atoms with van der Waals surface area (Å²) in [5, 5.41) is 10.5. The molecule has 4 nitrogen and oxygen atoms in total. The Bertz CT molecular complexity index is 775. The minimum atomic E-state index is -0.708. The molecule has 19 heavy (non-hydrogen) atoms. The summed E-state index contributed by atoms with van der Waals surface area (Å²) in [6.07, 6.45) is 0. The van der Waals surface area contributed by atoms with Crippen molar-refractivity contribution in [2.75, 3.05) is 0 Å². The lowest BCUT2D eigenvalue weighted by molar-refractivity contribution is 0.387. The van der Waals surface area contributed by atoms with Gasteiger partial charge in [-0.1, -0.05) is 30.3 Å². The van der Waals surface area contributed by atoms with Crippen LogP contribution in [0.2, 0.25) is 0 Å². The summed E-state index contributed by atoms with van der Waals surface area (Å²) >= 11 is 0. The standard InChI is InChI=1S/C15H10O4/c16-13-11-8-4-5-9-12(11)19-15(17)14(13)18-10-6-2-1-3-7-10/h1-9,16H. The number of benzene rings is 2. The fraction of sp³-hybridized carbons (Fsp3) is 0. The number of rotatable bonds is 2. The summed E-state index contributed by atoms with van der Waals surface area (Å²) in [5.74, 6) is 0.0426. The van der Waals surface area contributed by atoms with Crippen molar-refractivity contribution in [2.24, 2.45) is 0 Å². The van der Waals surface area contributed by atoms with E-state index in [1.165, 1.54) is 0 Å². The first-order chi connectivity index (χ1) is 9.25. The molecule has 0 aliphatic rings. The molecule has 3 aromatic rings. The van der Waals surface area contributed by atoms with Crippen LogP contribution < -0.4 is 10.4 Å². The van der Waals surface area contributed by atoms with Crippen molar-refractivity contribution in [3.63, 3.8) is 0 Å². The Labute approximate surface area is 108 Å². The molecule has 2 aromatic carbocycles. The predicted octanol–water partition coefficient (Wildman–Crippen LogP) is 3.29. The summed E-state index contributed by atoms with van der Waals surface area (Å²) in [6, 6.07) is 15.5. The van der Waals surface area contributed by atoms with Crippen LogP contribution >= 0.6 is 0 Å². The number of aromatic hydroxyl groups is 1. The van der Waals surface area contributed by atoms with Gasteiger partial charge in [0.1, 0.15) is 11.3 Å². The second kappa shape index (κ2) is 4.49. The average molecular weight is 254 g/mol. The third kappa shape index (κ3) is 2.04. The molecule has 1 N–H and O–H groups in total. The maximum absolute atomic E-state index is 11.8. The van der Waals surface area contributed by atoms with Crippen molar-refractivity contribution < 1.29 is 14.3 Å². The molecule has 4 heteroatoms. The Morgan fingerprint density at radius 3 is 2.42 bits per heavy atom. The lowest BCUT2D eigenvalue weighted by atomic mass is 10.2. The molecule has 3 rings (SSSR count). The first kappa shape index (κ1) is 11.3. The molecule has 0 fully saturated rings. The third-order valence-corrected chi connectivity index (χ3v) is 2.71. The number of hydrogen-bond acceptors (Lipinski definition) is 4. The molecule has 0 radical (unpaired) electrons. The minimum absolute atomic E-state index is 0.204. The summed E-state index contributed by atoms with van der Waals surface area (Å²) in [5.41, 5.74) is -0.384. The van der Waals surface area contributed by atoms with Crippen LogP contribution in [0, 0.1) is 0 Å². The number of hydrogen-bond donors (Lipinski definition) is 1. The monoisotopic (exact) mass is 254 g/mol. The van der Waals surface area contributed by atoms with Crippen molar-refractivity contribution in [1.29, 1.82) is 0 Å². The molecular weight excluding hydrogens is 244 g/mol. The zero-order valence-corrected chi connectivity index (χ0v) is 9.87. The van der Waals surface area contributed by atoms with Crippen LogP contribution in [0.5, 0.6) is 17.2 Å². The van der Waals surface area contributed by atoms with E-state index in [0.29, 0.717) is 16.7 Å². The molecule has 1 heterocycles. The molecule has 0 amide bonds. The molecule has 0 bridgehead atoms. The molecule has 0 aliphatic carbocycles. The van der Waals surface area contributed by atoms with Crippen LogP contribution in [0.15, 0.2) is 63.8 Å². The highest BCUT2D eigenvalue weighted by molar-refractivity contribution is 5.85. The van der Waals surface area contributed by atoms with Gasteiger partial charge in [-0.3, -0.25) is 0 Å². The molecule has 0 saturated heterocycles. The van der Waals surface area contributed by atoms with Crippen molar-refractivity contribution in [1.82, 2.24) is 0 Å². The van der Waals surface area contributed by atoms with E-state index in [9.17, 15) is 9.90 Å². The first-order valence-corrected chi connectivity index (χ1v) is 5.73. The van der Waals surface area contributed by atoms with E-state index in [4.69, 9.17) is 9.15 Å². The highest BCUT2D eigenvalue weighted by Crippen LogP contribution is 2.33. The van der Waals surface area contributed by atoms with E-state index in [2.05, 4.69) is 0 Å². The Morgan fingerprint density at radius 1 is 0.947 bits per heavy atom. The smallest absolute Gasteiger partial charge is 0.383 e. The van der Waals surface area contributed by atoms with Gasteiger partial charge in [0, 0.05) is 0 Å². The highest BCUT2D eigenvalue weighted by atomic mass is 16.5. The molecule has 94 valence electrons. The van der Waals surface area contributed by atoms with Crippen LogP contribution in [0.25, 0.3) is 11.0 Å². The minimum Gasteiger partial charge on any atom is -0.504 e. The normalized spacial score (nSPS) is 10.5. The second-order valence-electron chi connectivity index (χ2n) is 3.98. The summed E-state index contributed by atoms with van der Waals surface area (Å²) in [4.78, 5) is 11.8. The average Bonchev–Trinajstić information content (AvgIpc) is 2.45. The van der Waals surface area contributed by atoms with Gasteiger partial charge < -0.3 is 14.3 Å². The van der Waals surface area contributed by atoms with Gasteiger partial charge in [-0.2, -0.15) is 0 Å². The molecule has 0 atom stereocenters. The number of para-hydroxylation sites is 2. The van der Waals surface area contributed by atoms with E-state index in [0.717, 1.165) is 0 Å². The molecule has 1 aromatic heterocycles. The molecule has 0 aliphatic heterocycles. The van der Waals surface area contributed by atoms with Gasteiger partial charge in [0.2, 0.25) is 0 Å². The highest BCUT2D eigenvalue weighted by Gasteiger charge is 2.15. The number of fused-ring (bicyclic) bond motifs is 1. The third-order valence-electron chi connectivity index (χ3n) is 2.71. The van der Waals surface area contributed by atoms with E-state index in [-0.39, 0.29) is 11.5 Å². The Balaban J connectivity index is 2.16. The molecule has 0 saturated carbocycles. The maximum Gasteiger partial charge on any atom is 0.383 e. The van der Waals surface area contributed by atoms with Gasteiger partial charge in [0.05, 0.1) is 5.39 Å². The van der Waals surface area contributed by atoms with E-state index < -0.39 is 5.63 Å². The Hall–Kier alpha value is -2.75. The number of ether oxygens (including phenoxy) is 1. The van der Waals surface area contributed by atoms with Crippen LogP contribution in [0.3, 0.4) is 0 Å². The zero-order valence-electron chi connectivity index (χ0n) is 9.87. The van der Waals surface area contributed by atoms with Gasteiger partial charge >= 0.3 is 5.63 Å². The fourth-order valence-electron chi connectivity index (χ4n) is 1.81. The molecule has 0 unspecified atom stereocenters. The van der Waals surface area contributed by atoms with Gasteiger partial charge in [-0.25, -0.2) is 4.79 Å². The van der Waals surface area contributed by atoms with Crippen LogP contribution in [0.4, 0.5) is 0 Å². The topological polar surface area (TPSA) is 59.7 Å². The van der Waals surface area contributed by atoms with E-state index >= 15 is 0 Å². The van der Waals surface area contributed by atoms with Crippen molar-refractivity contribution >= 4 is 11.0 Å². The summed E-state index contributed by atoms with van der Waals surface area (Å²) in [6.45, 7) is 0. The predicted molar refractivity (Wildman–Crippen MR) is 70.7 cm³/mol. The van der Waals surface area contributed by atoms with Crippen LogP contribution in [-0.2, 0) is 0 Å². The lowest BCUT2D eigenvalue weighted by Crippen LogP contribution is -2.03. The van der Waals surface area contributed by atoms with E-state index in [1.807, 2.05) is 6.07 Å². The van der Waals surface area contributed by atoms with Gasteiger partial charge in [-0.15, -0.1) is 0 Å². The van der Waals surface area contributed by atoms with Gasteiger partial charge in [0.15, 0.2) is 5.75 Å². The van der Waals surface area contributed by atoms with Crippen LogP contribution in [0.1, 0.15) is 0 Å². The maximum atomic E-state index is 11.8. The summed E-state index contributed by atoms with van der Waals surface area (Å²) in [7, 11) is 0. The lowest BCUT2D eigenvalue weighted by Gasteiger charge is -2.07. The SMILES string of the molecule is O=c1oc2ccccc2c(O)c1Oc1ccccc1. The van der Waals surface area contributed by atoms with Crippen molar-refractivity contribution in [3.05, 3.63) is 65.0 Å². The Morgan fingerprint density at radius 2 is 1.63 bits per heavy atom. The largest absolute Gasteiger partial charge is 0.504 e.